The van der Waals surface area contributed by atoms with Gasteiger partial charge in [0.15, 0.2) is 11.5 Å². The van der Waals surface area contributed by atoms with E-state index in [9.17, 15) is 13.2 Å². The summed E-state index contributed by atoms with van der Waals surface area (Å²) in [4.78, 5) is 17.6. The van der Waals surface area contributed by atoms with Gasteiger partial charge in [-0.15, -0.1) is 0 Å². The normalized spacial score (nSPS) is 15.3. The topological polar surface area (TPSA) is 88.6 Å². The highest BCUT2D eigenvalue weighted by molar-refractivity contribution is 7.92. The summed E-state index contributed by atoms with van der Waals surface area (Å²) in [5.41, 5.74) is 2.40. The Morgan fingerprint density at radius 2 is 1.67 bits per heavy atom. The van der Waals surface area contributed by atoms with Gasteiger partial charge in [0.25, 0.3) is 10.0 Å². The highest BCUT2D eigenvalue weighted by Gasteiger charge is 2.32. The van der Waals surface area contributed by atoms with Crippen molar-refractivity contribution in [2.45, 2.75) is 25.3 Å². The molecule has 39 heavy (non-hydrogen) atoms. The van der Waals surface area contributed by atoms with E-state index in [0.717, 1.165) is 29.2 Å². The number of hydrogen-bond donors (Lipinski definition) is 0. The molecule has 0 saturated carbocycles. The first-order chi connectivity index (χ1) is 18.8. The Kier molecular flexibility index (Phi) is 7.94. The van der Waals surface area contributed by atoms with Crippen LogP contribution < -0.4 is 18.5 Å². The van der Waals surface area contributed by atoms with Crippen LogP contribution in [0.3, 0.4) is 0 Å². The number of hydrogen-bond acceptors (Lipinski definition) is 7. The number of amides is 1. The van der Waals surface area contributed by atoms with E-state index >= 15 is 0 Å². The van der Waals surface area contributed by atoms with Gasteiger partial charge in [0.1, 0.15) is 12.3 Å². The number of para-hydroxylation sites is 2. The number of anilines is 1. The van der Waals surface area contributed by atoms with E-state index in [1.165, 1.54) is 4.31 Å². The lowest BCUT2D eigenvalue weighted by molar-refractivity contribution is -0.131. The molecular weight excluding hydrogens is 518 g/mol. The van der Waals surface area contributed by atoms with Crippen LogP contribution in [0, 0.1) is 6.92 Å². The van der Waals surface area contributed by atoms with Crippen molar-refractivity contribution in [1.29, 1.82) is 0 Å². The Hall–Kier alpha value is -3.76. The predicted molar refractivity (Wildman–Crippen MR) is 148 cm³/mol. The molecule has 0 atom stereocenters. The van der Waals surface area contributed by atoms with Crippen molar-refractivity contribution in [3.8, 4) is 17.2 Å². The van der Waals surface area contributed by atoms with E-state index in [0.29, 0.717) is 44.2 Å². The zero-order valence-electron chi connectivity index (χ0n) is 22.2. The third kappa shape index (κ3) is 5.97. The Morgan fingerprint density at radius 1 is 0.949 bits per heavy atom. The van der Waals surface area contributed by atoms with Crippen molar-refractivity contribution in [3.05, 3.63) is 77.9 Å². The molecule has 0 bridgehead atoms. The number of piperazine rings is 1. The predicted octanol–water partition coefficient (Wildman–Crippen LogP) is 3.66. The summed E-state index contributed by atoms with van der Waals surface area (Å²) in [6, 6.07) is 19.5. The number of carbonyl (C=O) groups excluding carboxylic acids is 1. The minimum absolute atomic E-state index is 0.126. The maximum absolute atomic E-state index is 13.8. The van der Waals surface area contributed by atoms with Crippen molar-refractivity contribution in [2.24, 2.45) is 0 Å². The molecule has 5 rings (SSSR count). The van der Waals surface area contributed by atoms with Gasteiger partial charge in [0.05, 0.1) is 17.2 Å². The molecule has 0 unspecified atom stereocenters. The molecule has 10 heteroatoms. The van der Waals surface area contributed by atoms with Crippen LogP contribution in [0.2, 0.25) is 0 Å². The van der Waals surface area contributed by atoms with Gasteiger partial charge in [-0.05, 0) is 55.8 Å². The number of sulfonamides is 1. The Bertz CT molecular complexity index is 1420. The minimum Gasteiger partial charge on any atom is -0.492 e. The average Bonchev–Trinajstić information content (AvgIpc) is 3.41. The Balaban J connectivity index is 1.30. The van der Waals surface area contributed by atoms with E-state index < -0.39 is 10.0 Å². The van der Waals surface area contributed by atoms with Crippen LogP contribution in [0.25, 0.3) is 0 Å². The van der Waals surface area contributed by atoms with Gasteiger partial charge in [-0.1, -0.05) is 35.9 Å². The van der Waals surface area contributed by atoms with Crippen molar-refractivity contribution in [3.63, 3.8) is 0 Å². The fourth-order valence-corrected chi connectivity index (χ4v) is 6.18. The summed E-state index contributed by atoms with van der Waals surface area (Å²) in [5.74, 6) is 1.67. The van der Waals surface area contributed by atoms with Gasteiger partial charge in [0, 0.05) is 32.7 Å². The smallest absolute Gasteiger partial charge is 0.264 e. The zero-order chi connectivity index (χ0) is 27.4. The summed E-state index contributed by atoms with van der Waals surface area (Å²) in [6.07, 6.45) is 0. The highest BCUT2D eigenvalue weighted by atomic mass is 32.2. The van der Waals surface area contributed by atoms with Crippen LogP contribution in [-0.2, 0) is 21.4 Å². The molecule has 0 aliphatic carbocycles. The van der Waals surface area contributed by atoms with Crippen molar-refractivity contribution in [2.75, 3.05) is 50.4 Å². The quantitative estimate of drug-likeness (QED) is 0.401. The molecule has 1 saturated heterocycles. The first-order valence-electron chi connectivity index (χ1n) is 13.0. The van der Waals surface area contributed by atoms with Crippen LogP contribution >= 0.6 is 0 Å². The van der Waals surface area contributed by atoms with E-state index in [-0.39, 0.29) is 24.1 Å². The highest BCUT2D eigenvalue weighted by Crippen LogP contribution is 2.34. The van der Waals surface area contributed by atoms with Gasteiger partial charge in [-0.25, -0.2) is 8.42 Å². The summed E-state index contributed by atoms with van der Waals surface area (Å²) in [5, 5.41) is 0. The molecule has 9 nitrogen and oxygen atoms in total. The monoisotopic (exact) mass is 551 g/mol. The standard InChI is InChI=1S/C29H33N3O6S/c1-3-36-26-7-5-4-6-25(26)32(39(34,35)24-11-8-22(2)9-12-24)20-29(33)31-16-14-30(15-17-31)19-23-10-13-27-28(18-23)38-21-37-27/h4-13,18H,3,14-17,19-21H2,1-2H3. The third-order valence-electron chi connectivity index (χ3n) is 6.89. The molecule has 2 aliphatic heterocycles. The second-order valence-electron chi connectivity index (χ2n) is 9.57. The number of ether oxygens (including phenoxy) is 3. The van der Waals surface area contributed by atoms with Crippen molar-refractivity contribution in [1.82, 2.24) is 9.80 Å². The minimum atomic E-state index is -4.03. The molecule has 1 amide bonds. The summed E-state index contributed by atoms with van der Waals surface area (Å²) >= 11 is 0. The Morgan fingerprint density at radius 3 is 2.41 bits per heavy atom. The van der Waals surface area contributed by atoms with E-state index in [4.69, 9.17) is 14.2 Å². The van der Waals surface area contributed by atoms with Crippen molar-refractivity contribution < 1.29 is 27.4 Å². The summed E-state index contributed by atoms with van der Waals surface area (Å²) < 4.78 is 45.4. The molecule has 2 aliphatic rings. The molecule has 0 spiro atoms. The summed E-state index contributed by atoms with van der Waals surface area (Å²) in [7, 11) is -4.03. The molecular formula is C29H33N3O6S. The second kappa shape index (κ2) is 11.5. The first kappa shape index (κ1) is 26.8. The van der Waals surface area contributed by atoms with E-state index in [2.05, 4.69) is 4.90 Å². The van der Waals surface area contributed by atoms with Gasteiger partial charge in [0.2, 0.25) is 12.7 Å². The summed E-state index contributed by atoms with van der Waals surface area (Å²) in [6.45, 7) is 7.14. The van der Waals surface area contributed by atoms with E-state index in [1.54, 1.807) is 53.4 Å². The largest absolute Gasteiger partial charge is 0.492 e. The maximum Gasteiger partial charge on any atom is 0.264 e. The molecule has 0 aromatic heterocycles. The number of fused-ring (bicyclic) bond motifs is 1. The number of carbonyl (C=O) groups is 1. The molecule has 206 valence electrons. The van der Waals surface area contributed by atoms with Crippen LogP contribution in [0.15, 0.2) is 71.6 Å². The maximum atomic E-state index is 13.8. The van der Waals surface area contributed by atoms with Gasteiger partial charge in [-0.2, -0.15) is 0 Å². The van der Waals surface area contributed by atoms with Crippen LogP contribution in [0.1, 0.15) is 18.1 Å². The third-order valence-corrected chi connectivity index (χ3v) is 8.66. The average molecular weight is 552 g/mol. The van der Waals surface area contributed by atoms with E-state index in [1.807, 2.05) is 32.0 Å². The number of aryl methyl sites for hydroxylation is 1. The lowest BCUT2D eigenvalue weighted by Crippen LogP contribution is -2.51. The number of nitrogens with zero attached hydrogens (tertiary/aromatic N) is 3. The lowest BCUT2D eigenvalue weighted by Gasteiger charge is -2.36. The van der Waals surface area contributed by atoms with Crippen LogP contribution in [0.4, 0.5) is 5.69 Å². The molecule has 1 fully saturated rings. The van der Waals surface area contributed by atoms with Gasteiger partial charge < -0.3 is 19.1 Å². The molecule has 2 heterocycles. The molecule has 3 aromatic rings. The van der Waals surface area contributed by atoms with Crippen molar-refractivity contribution >= 4 is 21.6 Å². The number of rotatable bonds is 9. The van der Waals surface area contributed by atoms with Gasteiger partial charge >= 0.3 is 0 Å². The SMILES string of the molecule is CCOc1ccccc1N(CC(=O)N1CCN(Cc2ccc3c(c2)OCO3)CC1)S(=O)(=O)c1ccc(C)cc1. The lowest BCUT2D eigenvalue weighted by atomic mass is 10.1. The molecule has 0 radical (unpaired) electrons. The Labute approximate surface area is 229 Å². The molecule has 3 aromatic carbocycles. The number of benzene rings is 3. The van der Waals surface area contributed by atoms with Gasteiger partial charge in [-0.3, -0.25) is 14.0 Å². The fraction of sp³-hybridized carbons (Fsp3) is 0.345. The van der Waals surface area contributed by atoms with Crippen LogP contribution in [0.5, 0.6) is 17.2 Å². The fourth-order valence-electron chi connectivity index (χ4n) is 4.75. The first-order valence-corrected chi connectivity index (χ1v) is 14.5. The van der Waals surface area contributed by atoms with Crippen LogP contribution in [-0.4, -0.2) is 70.2 Å². The molecule has 0 N–H and O–H groups in total. The second-order valence-corrected chi connectivity index (χ2v) is 11.4. The zero-order valence-corrected chi connectivity index (χ0v) is 23.0.